The highest BCUT2D eigenvalue weighted by molar-refractivity contribution is 7.18. The lowest BCUT2D eigenvalue weighted by Gasteiger charge is -2.34. The van der Waals surface area contributed by atoms with Crippen molar-refractivity contribution < 1.29 is 14.4 Å². The Labute approximate surface area is 150 Å². The predicted octanol–water partition coefficient (Wildman–Crippen LogP) is 1.02. The Morgan fingerprint density at radius 3 is 2.72 bits per heavy atom. The number of aromatic nitrogens is 2. The van der Waals surface area contributed by atoms with E-state index < -0.39 is 0 Å². The molecule has 136 valence electrons. The second-order valence-electron chi connectivity index (χ2n) is 6.48. The number of fused-ring (bicyclic) bond motifs is 1. The van der Waals surface area contributed by atoms with E-state index in [9.17, 15) is 9.59 Å². The summed E-state index contributed by atoms with van der Waals surface area (Å²) in [4.78, 5) is 37.0. The van der Waals surface area contributed by atoms with Gasteiger partial charge in [-0.2, -0.15) is 0 Å². The minimum absolute atomic E-state index is 0.0572. The molecule has 1 amide bonds. The van der Waals surface area contributed by atoms with Crippen LogP contribution in [0, 0.1) is 13.8 Å². The molecule has 0 radical (unpaired) electrons. The summed E-state index contributed by atoms with van der Waals surface area (Å²) in [5.74, 6) is 0.721. The lowest BCUT2D eigenvalue weighted by molar-refractivity contribution is -0.934. The number of hydrogen-bond donors (Lipinski definition) is 2. The number of rotatable bonds is 3. The van der Waals surface area contributed by atoms with Gasteiger partial charge in [0, 0.05) is 4.88 Å². The fourth-order valence-corrected chi connectivity index (χ4v) is 4.33. The fraction of sp³-hybridized carbons (Fsp3) is 0.588. The van der Waals surface area contributed by atoms with Crippen LogP contribution < -0.4 is 10.5 Å². The zero-order valence-corrected chi connectivity index (χ0v) is 16.0. The number of amides is 1. The molecule has 1 aliphatic heterocycles. The molecule has 25 heavy (non-hydrogen) atoms. The van der Waals surface area contributed by atoms with E-state index in [1.165, 1.54) is 4.90 Å². The largest absolute Gasteiger partial charge is 0.450 e. The van der Waals surface area contributed by atoms with Crippen LogP contribution in [0.1, 0.15) is 36.2 Å². The molecule has 0 aromatic carbocycles. The highest BCUT2D eigenvalue weighted by Gasteiger charge is 2.30. The Morgan fingerprint density at radius 1 is 1.40 bits per heavy atom. The highest BCUT2D eigenvalue weighted by Crippen LogP contribution is 2.26. The molecule has 2 N–H and O–H groups in total. The molecule has 0 bridgehead atoms. The Bertz CT molecular complexity index is 836. The minimum atomic E-state index is -0.244. The lowest BCUT2D eigenvalue weighted by Crippen LogP contribution is -3.14. The standard InChI is InChI=1S/C17H24N4O3S/c1-5-24-17(23)21-8-6-20(7-9-21)11(3)14-18-15(22)13-10(2)12(4)25-16(13)19-14/h11H,5-9H2,1-4H3,(H,18,19,22)/p+1/t11-/m0/s1. The number of ether oxygens (including phenoxy) is 1. The number of aromatic amines is 1. The van der Waals surface area contributed by atoms with Gasteiger partial charge in [-0.25, -0.2) is 9.78 Å². The Hall–Kier alpha value is -1.93. The van der Waals surface area contributed by atoms with Gasteiger partial charge in [0.25, 0.3) is 5.56 Å². The number of nitrogens with zero attached hydrogens (tertiary/aromatic N) is 2. The number of H-pyrrole nitrogens is 1. The van der Waals surface area contributed by atoms with Gasteiger partial charge in [0.05, 0.1) is 38.2 Å². The predicted molar refractivity (Wildman–Crippen MR) is 97.4 cm³/mol. The van der Waals surface area contributed by atoms with Crippen molar-refractivity contribution in [2.45, 2.75) is 33.7 Å². The van der Waals surface area contributed by atoms with Crippen LogP contribution in [0.15, 0.2) is 4.79 Å². The van der Waals surface area contributed by atoms with E-state index in [1.807, 2.05) is 20.8 Å². The van der Waals surface area contributed by atoms with Gasteiger partial charge in [-0.3, -0.25) is 9.69 Å². The maximum absolute atomic E-state index is 12.5. The molecule has 1 saturated heterocycles. The zero-order chi connectivity index (χ0) is 18.1. The van der Waals surface area contributed by atoms with Crippen molar-refractivity contribution in [3.8, 4) is 0 Å². The summed E-state index contributed by atoms with van der Waals surface area (Å²) < 4.78 is 5.06. The van der Waals surface area contributed by atoms with Crippen molar-refractivity contribution >= 4 is 27.6 Å². The summed E-state index contributed by atoms with van der Waals surface area (Å²) in [6.07, 6.45) is -0.244. The number of piperazine rings is 1. The van der Waals surface area contributed by atoms with E-state index in [0.29, 0.717) is 25.1 Å². The zero-order valence-electron chi connectivity index (χ0n) is 15.1. The van der Waals surface area contributed by atoms with Gasteiger partial charge in [0.15, 0.2) is 5.82 Å². The first-order valence-corrected chi connectivity index (χ1v) is 9.50. The third-order valence-electron chi connectivity index (χ3n) is 5.01. The molecule has 1 atom stereocenters. The number of aryl methyl sites for hydroxylation is 2. The van der Waals surface area contributed by atoms with Crippen molar-refractivity contribution in [2.24, 2.45) is 0 Å². The van der Waals surface area contributed by atoms with E-state index >= 15 is 0 Å². The number of carbonyl (C=O) groups is 1. The first-order valence-electron chi connectivity index (χ1n) is 8.68. The molecular formula is C17H25N4O3S+. The second-order valence-corrected chi connectivity index (χ2v) is 7.68. The summed E-state index contributed by atoms with van der Waals surface area (Å²) in [6.45, 7) is 11.2. The molecule has 2 aromatic heterocycles. The summed E-state index contributed by atoms with van der Waals surface area (Å²) in [7, 11) is 0. The number of quaternary nitrogens is 1. The van der Waals surface area contributed by atoms with Gasteiger partial charge < -0.3 is 14.6 Å². The Kier molecular flexibility index (Phi) is 5.10. The normalized spacial score (nSPS) is 17.0. The third-order valence-corrected chi connectivity index (χ3v) is 6.11. The van der Waals surface area contributed by atoms with Crippen molar-refractivity contribution in [3.05, 3.63) is 26.6 Å². The fourth-order valence-electron chi connectivity index (χ4n) is 3.29. The Morgan fingerprint density at radius 2 is 2.08 bits per heavy atom. The Balaban J connectivity index is 1.76. The molecule has 0 spiro atoms. The molecular weight excluding hydrogens is 340 g/mol. The molecule has 3 heterocycles. The number of carbonyl (C=O) groups excluding carboxylic acids is 1. The van der Waals surface area contributed by atoms with Gasteiger partial charge in [-0.05, 0) is 33.3 Å². The SMILES string of the molecule is CCOC(=O)N1CC[NH+]([C@@H](C)c2nc3sc(C)c(C)c3c(=O)[nH]2)CC1. The van der Waals surface area contributed by atoms with E-state index in [4.69, 9.17) is 9.72 Å². The molecule has 1 aliphatic rings. The van der Waals surface area contributed by atoms with Crippen molar-refractivity contribution in [3.63, 3.8) is 0 Å². The molecule has 1 fully saturated rings. The number of thiophene rings is 1. The summed E-state index contributed by atoms with van der Waals surface area (Å²) in [5, 5.41) is 0.709. The van der Waals surface area contributed by atoms with E-state index in [2.05, 4.69) is 11.9 Å². The maximum atomic E-state index is 12.5. The minimum Gasteiger partial charge on any atom is -0.450 e. The first-order chi connectivity index (χ1) is 11.9. The van der Waals surface area contributed by atoms with Gasteiger partial charge in [0.1, 0.15) is 10.9 Å². The molecule has 0 saturated carbocycles. The topological polar surface area (TPSA) is 79.7 Å². The van der Waals surface area contributed by atoms with E-state index in [-0.39, 0.29) is 17.7 Å². The van der Waals surface area contributed by atoms with Gasteiger partial charge in [-0.1, -0.05) is 0 Å². The smallest absolute Gasteiger partial charge is 0.410 e. The average molecular weight is 365 g/mol. The van der Waals surface area contributed by atoms with Gasteiger partial charge >= 0.3 is 6.09 Å². The van der Waals surface area contributed by atoms with Crippen LogP contribution in [-0.2, 0) is 4.74 Å². The van der Waals surface area contributed by atoms with Crippen molar-refractivity contribution in [1.29, 1.82) is 0 Å². The molecule has 7 nitrogen and oxygen atoms in total. The van der Waals surface area contributed by atoms with Crippen LogP contribution in [0.4, 0.5) is 4.79 Å². The molecule has 3 rings (SSSR count). The molecule has 8 heteroatoms. The number of hydrogen-bond acceptors (Lipinski definition) is 5. The van der Waals surface area contributed by atoms with Gasteiger partial charge in [0.2, 0.25) is 0 Å². The molecule has 0 aliphatic carbocycles. The monoisotopic (exact) mass is 365 g/mol. The van der Waals surface area contributed by atoms with Crippen LogP contribution >= 0.6 is 11.3 Å². The quantitative estimate of drug-likeness (QED) is 0.851. The molecule has 2 aromatic rings. The lowest BCUT2D eigenvalue weighted by atomic mass is 10.2. The van der Waals surface area contributed by atoms with Crippen LogP contribution in [0.2, 0.25) is 0 Å². The van der Waals surface area contributed by atoms with Crippen LogP contribution in [-0.4, -0.2) is 53.7 Å². The average Bonchev–Trinajstić information content (AvgIpc) is 2.89. The first kappa shape index (κ1) is 17.9. The maximum Gasteiger partial charge on any atom is 0.410 e. The molecule has 0 unspecified atom stereocenters. The van der Waals surface area contributed by atoms with Crippen molar-refractivity contribution in [2.75, 3.05) is 32.8 Å². The second kappa shape index (κ2) is 7.13. The summed E-state index contributed by atoms with van der Waals surface area (Å²) >= 11 is 1.57. The van der Waals surface area contributed by atoms with Crippen LogP contribution in [0.5, 0.6) is 0 Å². The number of nitrogens with one attached hydrogen (secondary N) is 2. The van der Waals surface area contributed by atoms with E-state index in [0.717, 1.165) is 34.2 Å². The summed E-state index contributed by atoms with van der Waals surface area (Å²) in [6, 6.07) is 0.0733. The highest BCUT2D eigenvalue weighted by atomic mass is 32.1. The van der Waals surface area contributed by atoms with Crippen LogP contribution in [0.25, 0.3) is 10.2 Å². The van der Waals surface area contributed by atoms with Gasteiger partial charge in [-0.15, -0.1) is 11.3 Å². The third kappa shape index (κ3) is 3.41. The summed E-state index contributed by atoms with van der Waals surface area (Å²) in [5.41, 5.74) is 0.960. The van der Waals surface area contributed by atoms with Crippen molar-refractivity contribution in [1.82, 2.24) is 14.9 Å². The van der Waals surface area contributed by atoms with Crippen LogP contribution in [0.3, 0.4) is 0 Å². The van der Waals surface area contributed by atoms with E-state index in [1.54, 1.807) is 16.2 Å².